The average Bonchev–Trinajstić information content (AvgIpc) is 3.93. The van der Waals surface area contributed by atoms with Crippen LogP contribution in [0.4, 0.5) is 36.8 Å². The van der Waals surface area contributed by atoms with Crippen molar-refractivity contribution in [2.45, 2.75) is 62.6 Å². The second-order valence-corrected chi connectivity index (χ2v) is 12.2. The van der Waals surface area contributed by atoms with Crippen molar-refractivity contribution in [1.29, 1.82) is 0 Å². The van der Waals surface area contributed by atoms with Gasteiger partial charge in [-0.25, -0.2) is 22.4 Å². The quantitative estimate of drug-likeness (QED) is 0.165. The highest BCUT2D eigenvalue weighted by atomic mass is 19.3. The predicted molar refractivity (Wildman–Crippen MR) is 158 cm³/mol. The summed E-state index contributed by atoms with van der Waals surface area (Å²) in [6.07, 6.45) is 0.172. The molecule has 0 radical (unpaired) electrons. The van der Waals surface area contributed by atoms with Crippen molar-refractivity contribution in [1.82, 2.24) is 25.4 Å². The van der Waals surface area contributed by atoms with Crippen molar-refractivity contribution in [3.05, 3.63) is 101 Å². The molecule has 0 spiro atoms. The summed E-state index contributed by atoms with van der Waals surface area (Å²) in [5.41, 5.74) is 0.559. The maximum Gasteiger partial charge on any atom is 0.319 e. The summed E-state index contributed by atoms with van der Waals surface area (Å²) in [5, 5.41) is 12.0. The van der Waals surface area contributed by atoms with Crippen LogP contribution in [0.5, 0.6) is 0 Å². The van der Waals surface area contributed by atoms with Crippen LogP contribution in [0.2, 0.25) is 0 Å². The number of alkyl halides is 4. The summed E-state index contributed by atoms with van der Waals surface area (Å²) < 4.78 is 86.7. The number of urea groups is 1. The molecule has 0 saturated heterocycles. The zero-order valence-corrected chi connectivity index (χ0v) is 24.6. The molecule has 244 valence electrons. The van der Waals surface area contributed by atoms with E-state index in [0.717, 1.165) is 25.0 Å². The third kappa shape index (κ3) is 6.15. The van der Waals surface area contributed by atoms with Gasteiger partial charge in [-0.2, -0.15) is 13.9 Å². The summed E-state index contributed by atoms with van der Waals surface area (Å²) in [6, 6.07) is 11.9. The fraction of sp³-hybridized carbons (Fsp3) is 0.333. The largest absolute Gasteiger partial charge is 0.346 e. The first kappa shape index (κ1) is 30.8. The third-order valence-corrected chi connectivity index (χ3v) is 8.69. The zero-order chi connectivity index (χ0) is 33.0. The highest BCUT2D eigenvalue weighted by Crippen LogP contribution is 2.68. The number of nitrogens with zero attached hydrogens (tertiary/aromatic N) is 3. The van der Waals surface area contributed by atoms with E-state index in [0.29, 0.717) is 33.3 Å². The molecule has 3 aliphatic rings. The van der Waals surface area contributed by atoms with Crippen LogP contribution in [0.3, 0.4) is 0 Å². The standard InChI is InChI=1S/C33H28F6N6O2/c34-18-10-16(11-19(35)13-18)12-25(43-26(46)15-45-30-27(29(44-45)31(36)37)23-14-24(23)33(30,38)39)28-22(2-1-9-40-28)17-3-5-20(6-4-17)41-32(47)42-21-7-8-21/h1-6,9-11,13,21,23-25,31H,7-8,12,14-15H2,(H,43,46)(H2,41,42,47)/t23?,24?,25-/m0/s1. The maximum absolute atomic E-state index is 15.1. The van der Waals surface area contributed by atoms with Crippen LogP contribution in [-0.4, -0.2) is 32.7 Å². The smallest absolute Gasteiger partial charge is 0.319 e. The summed E-state index contributed by atoms with van der Waals surface area (Å²) in [5.74, 6) is -7.75. The monoisotopic (exact) mass is 654 g/mol. The molecule has 7 rings (SSSR count). The lowest BCUT2D eigenvalue weighted by atomic mass is 9.95. The average molecular weight is 655 g/mol. The molecule has 3 N–H and O–H groups in total. The van der Waals surface area contributed by atoms with E-state index >= 15 is 8.78 Å². The Morgan fingerprint density at radius 2 is 1.72 bits per heavy atom. The Kier molecular flexibility index (Phi) is 7.68. The number of carbonyl (C=O) groups excluding carboxylic acids is 2. The Bertz CT molecular complexity index is 1840. The van der Waals surface area contributed by atoms with E-state index in [-0.39, 0.29) is 36.0 Å². The van der Waals surface area contributed by atoms with Crippen LogP contribution in [0.25, 0.3) is 11.1 Å². The summed E-state index contributed by atoms with van der Waals surface area (Å²) >= 11 is 0. The minimum atomic E-state index is -3.41. The van der Waals surface area contributed by atoms with Gasteiger partial charge >= 0.3 is 6.03 Å². The van der Waals surface area contributed by atoms with Gasteiger partial charge in [0.1, 0.15) is 29.6 Å². The van der Waals surface area contributed by atoms with Crippen LogP contribution in [0.15, 0.2) is 60.8 Å². The van der Waals surface area contributed by atoms with Gasteiger partial charge in [-0.3, -0.25) is 14.5 Å². The summed E-state index contributed by atoms with van der Waals surface area (Å²) in [7, 11) is 0. The molecular formula is C33H28F6N6O2. The Balaban J connectivity index is 1.18. The summed E-state index contributed by atoms with van der Waals surface area (Å²) in [4.78, 5) is 30.1. The molecule has 2 heterocycles. The molecule has 2 unspecified atom stereocenters. The lowest BCUT2D eigenvalue weighted by molar-refractivity contribution is -0.123. The molecule has 2 aromatic carbocycles. The lowest BCUT2D eigenvalue weighted by Gasteiger charge is -2.22. The fourth-order valence-corrected chi connectivity index (χ4v) is 6.39. The number of hydrogen-bond acceptors (Lipinski definition) is 4. The molecule has 0 aliphatic heterocycles. The molecule has 2 aromatic heterocycles. The van der Waals surface area contributed by atoms with E-state index in [1.165, 1.54) is 6.20 Å². The molecule has 8 nitrogen and oxygen atoms in total. The topological polar surface area (TPSA) is 101 Å². The predicted octanol–water partition coefficient (Wildman–Crippen LogP) is 6.75. The molecule has 3 aliphatic carbocycles. The van der Waals surface area contributed by atoms with E-state index in [9.17, 15) is 27.2 Å². The minimum Gasteiger partial charge on any atom is -0.346 e. The maximum atomic E-state index is 15.1. The molecule has 4 aromatic rings. The molecule has 2 fully saturated rings. The fourth-order valence-electron chi connectivity index (χ4n) is 6.39. The van der Waals surface area contributed by atoms with Crippen LogP contribution < -0.4 is 16.0 Å². The normalized spacial score (nSPS) is 19.6. The van der Waals surface area contributed by atoms with E-state index in [1.807, 2.05) is 0 Å². The van der Waals surface area contributed by atoms with Crippen molar-refractivity contribution in [3.63, 3.8) is 0 Å². The first-order chi connectivity index (χ1) is 22.5. The minimum absolute atomic E-state index is 0.0804. The molecular weight excluding hydrogens is 626 g/mol. The van der Waals surface area contributed by atoms with Gasteiger partial charge in [0.2, 0.25) is 5.91 Å². The number of halogens is 6. The van der Waals surface area contributed by atoms with Gasteiger partial charge in [-0.15, -0.1) is 0 Å². The van der Waals surface area contributed by atoms with Crippen LogP contribution in [0.1, 0.15) is 65.9 Å². The number of pyridine rings is 1. The van der Waals surface area contributed by atoms with Crippen molar-refractivity contribution in [3.8, 4) is 11.1 Å². The SMILES string of the molecule is O=C(Cn1nc(C(F)F)c2c1C(F)(F)C1CC21)N[C@@H](Cc1cc(F)cc(F)c1)c1ncccc1-c1ccc(NC(=O)NC2CC2)cc1. The van der Waals surface area contributed by atoms with Crippen molar-refractivity contribution in [2.75, 3.05) is 5.32 Å². The molecule has 3 atom stereocenters. The Morgan fingerprint density at radius 3 is 2.40 bits per heavy atom. The number of nitrogens with one attached hydrogen (secondary N) is 3. The number of amides is 3. The number of rotatable bonds is 10. The molecule has 2 saturated carbocycles. The van der Waals surface area contributed by atoms with Gasteiger partial charge in [0.25, 0.3) is 12.3 Å². The van der Waals surface area contributed by atoms with Crippen molar-refractivity contribution >= 4 is 17.6 Å². The van der Waals surface area contributed by atoms with Gasteiger partial charge in [-0.05, 0) is 73.1 Å². The Morgan fingerprint density at radius 1 is 1.00 bits per heavy atom. The number of hydrogen-bond donors (Lipinski definition) is 3. The lowest BCUT2D eigenvalue weighted by Crippen LogP contribution is -2.35. The molecule has 14 heteroatoms. The van der Waals surface area contributed by atoms with Gasteiger partial charge in [-0.1, -0.05) is 18.2 Å². The van der Waals surface area contributed by atoms with Crippen LogP contribution >= 0.6 is 0 Å². The van der Waals surface area contributed by atoms with Crippen LogP contribution in [-0.2, 0) is 23.7 Å². The highest BCUT2D eigenvalue weighted by Gasteiger charge is 2.67. The number of aromatic nitrogens is 3. The van der Waals surface area contributed by atoms with Gasteiger partial charge in [0.15, 0.2) is 0 Å². The second kappa shape index (κ2) is 11.7. The summed E-state index contributed by atoms with van der Waals surface area (Å²) in [6.45, 7) is -0.788. The van der Waals surface area contributed by atoms with Crippen LogP contribution in [0, 0.1) is 17.6 Å². The van der Waals surface area contributed by atoms with E-state index in [1.54, 1.807) is 36.4 Å². The molecule has 47 heavy (non-hydrogen) atoms. The number of anilines is 1. The van der Waals surface area contributed by atoms with Crippen molar-refractivity contribution in [2.24, 2.45) is 5.92 Å². The number of carbonyl (C=O) groups is 2. The first-order valence-corrected chi connectivity index (χ1v) is 15.1. The molecule has 3 amide bonds. The molecule has 0 bridgehead atoms. The first-order valence-electron chi connectivity index (χ1n) is 15.1. The van der Waals surface area contributed by atoms with Gasteiger partial charge in [0, 0.05) is 41.0 Å². The zero-order valence-electron chi connectivity index (χ0n) is 24.6. The number of fused-ring (bicyclic) bond motifs is 3. The van der Waals surface area contributed by atoms with E-state index in [4.69, 9.17) is 0 Å². The van der Waals surface area contributed by atoms with Gasteiger partial charge in [0.05, 0.1) is 11.7 Å². The van der Waals surface area contributed by atoms with Gasteiger partial charge < -0.3 is 16.0 Å². The number of benzene rings is 2. The highest BCUT2D eigenvalue weighted by molar-refractivity contribution is 5.90. The second-order valence-electron chi connectivity index (χ2n) is 12.2. The van der Waals surface area contributed by atoms with Crippen molar-refractivity contribution < 1.29 is 35.9 Å². The third-order valence-electron chi connectivity index (χ3n) is 8.69. The van der Waals surface area contributed by atoms with E-state index in [2.05, 4.69) is 26.0 Å². The van der Waals surface area contributed by atoms with E-state index < -0.39 is 65.7 Å². The Labute approximate surface area is 264 Å². The Hall–Kier alpha value is -4.88.